The van der Waals surface area contributed by atoms with E-state index >= 15 is 0 Å². The predicted octanol–water partition coefficient (Wildman–Crippen LogP) is 2.82. The van der Waals surface area contributed by atoms with Crippen molar-refractivity contribution in [2.45, 2.75) is 26.1 Å². The number of nitrogens with one attached hydrogen (secondary N) is 1. The third-order valence-electron chi connectivity index (χ3n) is 4.04. The van der Waals surface area contributed by atoms with E-state index in [1.807, 2.05) is 37.3 Å². The van der Waals surface area contributed by atoms with Gasteiger partial charge in [0, 0.05) is 18.3 Å². The Hall–Kier alpha value is -2.40. The molecule has 1 saturated heterocycles. The van der Waals surface area contributed by atoms with Gasteiger partial charge in [0.15, 0.2) is 5.78 Å². The van der Waals surface area contributed by atoms with Crippen molar-refractivity contribution in [1.29, 1.82) is 0 Å². The average Bonchev–Trinajstić information content (AvgIpc) is 3.04. The molecule has 1 aromatic heterocycles. The van der Waals surface area contributed by atoms with Gasteiger partial charge in [0.05, 0.1) is 12.6 Å². The fraction of sp³-hybridized carbons (Fsp3) is 0.333. The summed E-state index contributed by atoms with van der Waals surface area (Å²) in [6.45, 7) is 4.49. The van der Waals surface area contributed by atoms with Crippen molar-refractivity contribution in [2.24, 2.45) is 0 Å². The molecule has 1 aromatic carbocycles. The van der Waals surface area contributed by atoms with Crippen LogP contribution in [-0.4, -0.2) is 40.8 Å². The molecule has 1 fully saturated rings. The smallest absolute Gasteiger partial charge is 0.270 e. The number of hydrogen-bond donors (Lipinski definition) is 1. The Morgan fingerprint density at radius 3 is 2.61 bits per heavy atom. The van der Waals surface area contributed by atoms with E-state index in [0.717, 1.165) is 5.56 Å². The summed E-state index contributed by atoms with van der Waals surface area (Å²) < 4.78 is 5.97. The van der Waals surface area contributed by atoms with Crippen LogP contribution < -0.4 is 0 Å². The first-order valence-corrected chi connectivity index (χ1v) is 7.73. The second-order valence-electron chi connectivity index (χ2n) is 5.91. The summed E-state index contributed by atoms with van der Waals surface area (Å²) in [7, 11) is 0. The molecule has 1 N–H and O–H groups in total. The number of ketones is 1. The monoisotopic (exact) mass is 312 g/mol. The largest absolute Gasteiger partial charge is 0.367 e. The first kappa shape index (κ1) is 15.5. The molecule has 2 atom stereocenters. The minimum Gasteiger partial charge on any atom is -0.367 e. The van der Waals surface area contributed by atoms with Gasteiger partial charge in [-0.3, -0.25) is 9.59 Å². The molecule has 3 rings (SSSR count). The number of benzene rings is 1. The molecule has 120 valence electrons. The van der Waals surface area contributed by atoms with Crippen LogP contribution >= 0.6 is 0 Å². The predicted molar refractivity (Wildman–Crippen MR) is 86.4 cm³/mol. The number of ether oxygens (including phenoxy) is 1. The number of H-pyrrole nitrogens is 1. The van der Waals surface area contributed by atoms with Crippen molar-refractivity contribution in [3.63, 3.8) is 0 Å². The van der Waals surface area contributed by atoms with E-state index in [1.54, 1.807) is 17.2 Å². The molecule has 23 heavy (non-hydrogen) atoms. The number of hydrogen-bond acceptors (Lipinski definition) is 3. The van der Waals surface area contributed by atoms with E-state index < -0.39 is 0 Å². The Balaban J connectivity index is 1.78. The van der Waals surface area contributed by atoms with E-state index in [9.17, 15) is 9.59 Å². The van der Waals surface area contributed by atoms with Crippen molar-refractivity contribution in [3.8, 4) is 0 Å². The van der Waals surface area contributed by atoms with Crippen molar-refractivity contribution in [1.82, 2.24) is 9.88 Å². The van der Waals surface area contributed by atoms with Crippen LogP contribution in [0.2, 0.25) is 0 Å². The maximum Gasteiger partial charge on any atom is 0.270 e. The minimum atomic E-state index is -0.133. The van der Waals surface area contributed by atoms with Crippen LogP contribution in [0.4, 0.5) is 0 Å². The molecule has 0 aliphatic carbocycles. The second kappa shape index (κ2) is 6.38. The second-order valence-corrected chi connectivity index (χ2v) is 5.91. The van der Waals surface area contributed by atoms with Gasteiger partial charge in [-0.05, 0) is 25.5 Å². The molecule has 2 heterocycles. The van der Waals surface area contributed by atoms with Gasteiger partial charge in [-0.2, -0.15) is 0 Å². The van der Waals surface area contributed by atoms with E-state index in [2.05, 4.69) is 4.98 Å². The van der Waals surface area contributed by atoms with Crippen LogP contribution in [0.5, 0.6) is 0 Å². The number of carbonyl (C=O) groups is 2. The van der Waals surface area contributed by atoms with Crippen LogP contribution in [0.3, 0.4) is 0 Å². The third kappa shape index (κ3) is 3.35. The summed E-state index contributed by atoms with van der Waals surface area (Å²) in [6.07, 6.45) is 1.40. The molecular weight excluding hydrogens is 292 g/mol. The molecule has 1 aliphatic rings. The van der Waals surface area contributed by atoms with Crippen LogP contribution in [0, 0.1) is 0 Å². The maximum absolute atomic E-state index is 12.7. The van der Waals surface area contributed by atoms with Gasteiger partial charge in [-0.25, -0.2) is 0 Å². The Kier molecular flexibility index (Phi) is 4.30. The molecule has 5 heteroatoms. The lowest BCUT2D eigenvalue weighted by molar-refractivity contribution is -0.0692. The van der Waals surface area contributed by atoms with Gasteiger partial charge in [0.25, 0.3) is 5.91 Å². The SMILES string of the molecule is CC(=O)c1c[nH]c(C(=O)N2C[C@H](C)O[C@@H](c3ccccc3)C2)c1. The van der Waals surface area contributed by atoms with Crippen molar-refractivity contribution in [2.75, 3.05) is 13.1 Å². The van der Waals surface area contributed by atoms with Crippen LogP contribution in [-0.2, 0) is 4.74 Å². The van der Waals surface area contributed by atoms with Gasteiger partial charge in [-0.15, -0.1) is 0 Å². The van der Waals surface area contributed by atoms with Gasteiger partial charge < -0.3 is 14.6 Å². The molecule has 5 nitrogen and oxygen atoms in total. The summed E-state index contributed by atoms with van der Waals surface area (Å²) in [5.41, 5.74) is 2.03. The molecule has 2 aromatic rings. The quantitative estimate of drug-likeness (QED) is 0.887. The van der Waals surface area contributed by atoms with E-state index in [1.165, 1.54) is 6.92 Å². The van der Waals surface area contributed by atoms with Gasteiger partial charge in [0.2, 0.25) is 0 Å². The Bertz CT molecular complexity index is 708. The van der Waals surface area contributed by atoms with Crippen molar-refractivity contribution in [3.05, 3.63) is 59.4 Å². The normalized spacial score (nSPS) is 21.2. The Labute approximate surface area is 135 Å². The van der Waals surface area contributed by atoms with Crippen LogP contribution in [0.25, 0.3) is 0 Å². The molecular formula is C18H20N2O3. The number of morpholine rings is 1. The standard InChI is InChI=1S/C18H20N2O3/c1-12-10-20(11-17(23-12)14-6-4-3-5-7-14)18(22)16-8-15(9-19-16)13(2)21/h3-9,12,17,19H,10-11H2,1-2H3/t12-,17+/m0/s1. The van der Waals surface area contributed by atoms with Gasteiger partial charge in [-0.1, -0.05) is 30.3 Å². The Morgan fingerprint density at radius 2 is 1.96 bits per heavy atom. The highest BCUT2D eigenvalue weighted by Crippen LogP contribution is 2.26. The molecule has 1 amide bonds. The highest BCUT2D eigenvalue weighted by Gasteiger charge is 2.30. The lowest BCUT2D eigenvalue weighted by Gasteiger charge is -2.36. The minimum absolute atomic E-state index is 0.0415. The summed E-state index contributed by atoms with van der Waals surface area (Å²) in [6, 6.07) is 11.5. The number of aromatic amines is 1. The van der Waals surface area contributed by atoms with E-state index in [0.29, 0.717) is 24.3 Å². The van der Waals surface area contributed by atoms with Gasteiger partial charge in [0.1, 0.15) is 11.8 Å². The fourth-order valence-corrected chi connectivity index (χ4v) is 2.86. The molecule has 0 unspecified atom stereocenters. The first-order chi connectivity index (χ1) is 11.0. The van der Waals surface area contributed by atoms with Gasteiger partial charge >= 0.3 is 0 Å². The first-order valence-electron chi connectivity index (χ1n) is 7.73. The van der Waals surface area contributed by atoms with Crippen LogP contribution in [0.15, 0.2) is 42.6 Å². The van der Waals surface area contributed by atoms with E-state index in [-0.39, 0.29) is 23.9 Å². The molecule has 0 spiro atoms. The zero-order valence-corrected chi connectivity index (χ0v) is 13.3. The van der Waals surface area contributed by atoms with Crippen LogP contribution in [0.1, 0.15) is 46.4 Å². The molecule has 1 aliphatic heterocycles. The summed E-state index contributed by atoms with van der Waals surface area (Å²) in [4.78, 5) is 28.7. The number of nitrogens with zero attached hydrogens (tertiary/aromatic N) is 1. The number of aromatic nitrogens is 1. The number of rotatable bonds is 3. The number of Topliss-reactive ketones (excluding diaryl/α,β-unsaturated/α-hetero) is 1. The average molecular weight is 312 g/mol. The highest BCUT2D eigenvalue weighted by molar-refractivity contribution is 5.99. The van der Waals surface area contributed by atoms with E-state index in [4.69, 9.17) is 4.74 Å². The number of amides is 1. The fourth-order valence-electron chi connectivity index (χ4n) is 2.86. The summed E-state index contributed by atoms with van der Waals surface area (Å²) in [5, 5.41) is 0. The lowest BCUT2D eigenvalue weighted by Crippen LogP contribution is -2.46. The number of carbonyl (C=O) groups excluding carboxylic acids is 2. The molecule has 0 saturated carbocycles. The highest BCUT2D eigenvalue weighted by atomic mass is 16.5. The van der Waals surface area contributed by atoms with Crippen molar-refractivity contribution < 1.29 is 14.3 Å². The maximum atomic E-state index is 12.7. The molecule has 0 bridgehead atoms. The zero-order chi connectivity index (χ0) is 16.4. The lowest BCUT2D eigenvalue weighted by atomic mass is 10.1. The third-order valence-corrected chi connectivity index (χ3v) is 4.04. The molecule has 0 radical (unpaired) electrons. The van der Waals surface area contributed by atoms with Crippen molar-refractivity contribution >= 4 is 11.7 Å². The summed E-state index contributed by atoms with van der Waals surface area (Å²) in [5.74, 6) is -0.161. The summed E-state index contributed by atoms with van der Waals surface area (Å²) >= 11 is 0. The zero-order valence-electron chi connectivity index (χ0n) is 13.3. The topological polar surface area (TPSA) is 62.4 Å². The Morgan fingerprint density at radius 1 is 1.22 bits per heavy atom.